The fraction of sp³-hybridized carbons (Fsp3) is 0.400. The van der Waals surface area contributed by atoms with Gasteiger partial charge in [0.1, 0.15) is 5.00 Å². The Bertz CT molecular complexity index is 916. The Kier molecular flexibility index (Phi) is 7.23. The molecule has 10 heteroatoms. The largest absolute Gasteiger partial charge is 0.462 e. The number of amides is 2. The monoisotopic (exact) mass is 434 g/mol. The number of carbonyl (C=O) groups is 4. The Hall–Kier alpha value is -3.14. The average molecular weight is 434 g/mol. The molecule has 9 nitrogen and oxygen atoms in total. The van der Waals surface area contributed by atoms with E-state index < -0.39 is 30.4 Å². The summed E-state index contributed by atoms with van der Waals surface area (Å²) in [7, 11) is 0. The van der Waals surface area contributed by atoms with Gasteiger partial charge in [-0.15, -0.1) is 11.3 Å². The summed E-state index contributed by atoms with van der Waals surface area (Å²) < 4.78 is 15.0. The summed E-state index contributed by atoms with van der Waals surface area (Å²) in [4.78, 5) is 47.9. The van der Waals surface area contributed by atoms with Crippen LogP contribution in [0, 0.1) is 0 Å². The van der Waals surface area contributed by atoms with E-state index in [9.17, 15) is 19.2 Å². The first-order valence-electron chi connectivity index (χ1n) is 9.55. The van der Waals surface area contributed by atoms with E-state index in [1.165, 1.54) is 23.7 Å². The molecule has 1 aliphatic rings. The maximum Gasteiger partial charge on any atom is 0.341 e. The third-order valence-electron chi connectivity index (χ3n) is 4.29. The van der Waals surface area contributed by atoms with E-state index in [4.69, 9.17) is 13.9 Å². The zero-order valence-electron chi connectivity index (χ0n) is 16.4. The van der Waals surface area contributed by atoms with Crippen LogP contribution in [0.4, 0.5) is 5.00 Å². The summed E-state index contributed by atoms with van der Waals surface area (Å²) in [5.41, 5.74) is 1.27. The Balaban J connectivity index is 1.45. The van der Waals surface area contributed by atoms with Crippen LogP contribution in [-0.4, -0.2) is 43.5 Å². The topological polar surface area (TPSA) is 124 Å². The Morgan fingerprint density at radius 1 is 1.23 bits per heavy atom. The number of furan rings is 1. The number of hydrogen-bond donors (Lipinski definition) is 2. The van der Waals surface area contributed by atoms with Crippen molar-refractivity contribution in [1.82, 2.24) is 5.32 Å². The number of carbonyl (C=O) groups excluding carboxylic acids is 4. The summed E-state index contributed by atoms with van der Waals surface area (Å²) in [5, 5.41) is 7.38. The Labute approximate surface area is 176 Å². The van der Waals surface area contributed by atoms with Gasteiger partial charge >= 0.3 is 11.9 Å². The SMILES string of the molecule is CCOC(=O)c1c(C2CC2)csc1NC(=O)COC(=O)CCNC(=O)c1ccco1. The molecule has 0 bridgehead atoms. The lowest BCUT2D eigenvalue weighted by atomic mass is 10.1. The van der Waals surface area contributed by atoms with E-state index in [2.05, 4.69) is 10.6 Å². The van der Waals surface area contributed by atoms with Crippen LogP contribution in [0.15, 0.2) is 28.2 Å². The molecule has 2 N–H and O–H groups in total. The molecule has 2 aromatic heterocycles. The van der Waals surface area contributed by atoms with Gasteiger partial charge in [0, 0.05) is 6.54 Å². The van der Waals surface area contributed by atoms with Gasteiger partial charge in [0.15, 0.2) is 12.4 Å². The van der Waals surface area contributed by atoms with Gasteiger partial charge in [-0.05, 0) is 48.8 Å². The van der Waals surface area contributed by atoms with Gasteiger partial charge in [-0.3, -0.25) is 14.4 Å². The van der Waals surface area contributed by atoms with E-state index in [-0.39, 0.29) is 25.3 Å². The van der Waals surface area contributed by atoms with Crippen molar-refractivity contribution in [3.8, 4) is 0 Å². The van der Waals surface area contributed by atoms with Crippen molar-refractivity contribution in [2.75, 3.05) is 25.1 Å². The van der Waals surface area contributed by atoms with Crippen molar-refractivity contribution in [2.24, 2.45) is 0 Å². The molecule has 0 unspecified atom stereocenters. The van der Waals surface area contributed by atoms with Crippen LogP contribution in [0.2, 0.25) is 0 Å². The number of thiophene rings is 1. The second kappa shape index (κ2) is 10.1. The first kappa shape index (κ1) is 21.6. The standard InChI is InChI=1S/C20H22N2O7S/c1-2-27-20(26)17-13(12-5-6-12)11-30-19(17)22-15(23)10-29-16(24)7-8-21-18(25)14-4-3-9-28-14/h3-4,9,11-12H,2,5-8,10H2,1H3,(H,21,25)(H,22,23). The number of nitrogens with one attached hydrogen (secondary N) is 2. The third-order valence-corrected chi connectivity index (χ3v) is 5.21. The van der Waals surface area contributed by atoms with Gasteiger partial charge < -0.3 is 24.5 Å². The minimum Gasteiger partial charge on any atom is -0.462 e. The summed E-state index contributed by atoms with van der Waals surface area (Å²) in [6.07, 6.45) is 3.28. The fourth-order valence-electron chi connectivity index (χ4n) is 2.73. The molecule has 0 aliphatic heterocycles. The smallest absolute Gasteiger partial charge is 0.341 e. The summed E-state index contributed by atoms with van der Waals surface area (Å²) >= 11 is 1.25. The number of esters is 2. The number of hydrogen-bond acceptors (Lipinski definition) is 8. The second-order valence-electron chi connectivity index (χ2n) is 6.58. The normalized spacial score (nSPS) is 12.8. The van der Waals surface area contributed by atoms with Crippen LogP contribution in [0.5, 0.6) is 0 Å². The highest BCUT2D eigenvalue weighted by Crippen LogP contribution is 2.46. The fourth-order valence-corrected chi connectivity index (χ4v) is 3.77. The van der Waals surface area contributed by atoms with Gasteiger partial charge in [-0.25, -0.2) is 4.79 Å². The van der Waals surface area contributed by atoms with Gasteiger partial charge in [0.05, 0.1) is 24.9 Å². The van der Waals surface area contributed by atoms with E-state index >= 15 is 0 Å². The van der Waals surface area contributed by atoms with Crippen molar-refractivity contribution in [3.63, 3.8) is 0 Å². The molecule has 0 atom stereocenters. The molecule has 0 saturated heterocycles. The molecular formula is C20H22N2O7S. The summed E-state index contributed by atoms with van der Waals surface area (Å²) in [5.74, 6) is -1.65. The van der Waals surface area contributed by atoms with Crippen LogP contribution >= 0.6 is 11.3 Å². The molecule has 30 heavy (non-hydrogen) atoms. The molecule has 1 aliphatic carbocycles. The molecule has 3 rings (SSSR count). The quantitative estimate of drug-likeness (QED) is 0.551. The lowest BCUT2D eigenvalue weighted by Crippen LogP contribution is -2.27. The Morgan fingerprint density at radius 3 is 2.70 bits per heavy atom. The van der Waals surface area contributed by atoms with Gasteiger partial charge in [-0.2, -0.15) is 0 Å². The maximum atomic E-state index is 12.3. The van der Waals surface area contributed by atoms with E-state index in [0.29, 0.717) is 16.5 Å². The molecule has 160 valence electrons. The predicted molar refractivity (Wildman–Crippen MR) is 107 cm³/mol. The molecule has 0 radical (unpaired) electrons. The van der Waals surface area contributed by atoms with E-state index in [1.807, 2.05) is 5.38 Å². The molecular weight excluding hydrogens is 412 g/mol. The molecule has 0 spiro atoms. The molecule has 0 aromatic carbocycles. The third kappa shape index (κ3) is 5.69. The van der Waals surface area contributed by atoms with Crippen molar-refractivity contribution < 1.29 is 33.1 Å². The van der Waals surface area contributed by atoms with Crippen LogP contribution in [0.25, 0.3) is 0 Å². The highest BCUT2D eigenvalue weighted by atomic mass is 32.1. The summed E-state index contributed by atoms with van der Waals surface area (Å²) in [6, 6.07) is 3.08. The zero-order chi connectivity index (χ0) is 21.5. The first-order valence-corrected chi connectivity index (χ1v) is 10.4. The predicted octanol–water partition coefficient (Wildman–Crippen LogP) is 2.70. The summed E-state index contributed by atoms with van der Waals surface area (Å²) in [6.45, 7) is 1.50. The molecule has 1 fully saturated rings. The number of rotatable bonds is 10. The second-order valence-corrected chi connectivity index (χ2v) is 7.46. The van der Waals surface area contributed by atoms with Crippen molar-refractivity contribution in [3.05, 3.63) is 40.7 Å². The van der Waals surface area contributed by atoms with Gasteiger partial charge in [0.2, 0.25) is 0 Å². The van der Waals surface area contributed by atoms with Crippen LogP contribution < -0.4 is 10.6 Å². The lowest BCUT2D eigenvalue weighted by Gasteiger charge is -2.09. The van der Waals surface area contributed by atoms with E-state index in [1.54, 1.807) is 13.0 Å². The average Bonchev–Trinajstić information content (AvgIpc) is 3.24. The minimum absolute atomic E-state index is 0.0443. The lowest BCUT2D eigenvalue weighted by molar-refractivity contribution is -0.147. The van der Waals surface area contributed by atoms with Gasteiger partial charge in [0.25, 0.3) is 11.8 Å². The van der Waals surface area contributed by atoms with E-state index in [0.717, 1.165) is 18.4 Å². The van der Waals surface area contributed by atoms with Crippen molar-refractivity contribution in [1.29, 1.82) is 0 Å². The van der Waals surface area contributed by atoms with Gasteiger partial charge in [-0.1, -0.05) is 0 Å². The number of anilines is 1. The molecule has 2 aromatic rings. The highest BCUT2D eigenvalue weighted by Gasteiger charge is 2.32. The zero-order valence-corrected chi connectivity index (χ0v) is 17.2. The van der Waals surface area contributed by atoms with Crippen molar-refractivity contribution >= 4 is 40.1 Å². The maximum absolute atomic E-state index is 12.3. The Morgan fingerprint density at radius 2 is 2.03 bits per heavy atom. The van der Waals surface area contributed by atoms with Crippen LogP contribution in [-0.2, 0) is 19.1 Å². The van der Waals surface area contributed by atoms with Crippen LogP contribution in [0.1, 0.15) is 58.6 Å². The molecule has 2 amide bonds. The molecule has 2 heterocycles. The minimum atomic E-state index is -0.639. The van der Waals surface area contributed by atoms with Crippen LogP contribution in [0.3, 0.4) is 0 Å². The van der Waals surface area contributed by atoms with Crippen molar-refractivity contribution in [2.45, 2.75) is 32.1 Å². The molecule has 1 saturated carbocycles. The first-order chi connectivity index (χ1) is 14.5. The highest BCUT2D eigenvalue weighted by molar-refractivity contribution is 7.15. The number of ether oxygens (including phenoxy) is 2.